The Morgan fingerprint density at radius 1 is 0.553 bits per heavy atom. The number of para-hydroxylation sites is 2. The molecule has 0 spiro atoms. The molecule has 0 atom stereocenters. The van der Waals surface area contributed by atoms with Crippen molar-refractivity contribution in [2.75, 3.05) is 0 Å². The van der Waals surface area contributed by atoms with Gasteiger partial charge in [-0.1, -0.05) is 17.4 Å². The van der Waals surface area contributed by atoms with E-state index in [-0.39, 0.29) is 0 Å². The maximum Gasteiger partial charge on any atom is -0.0535 e. The van der Waals surface area contributed by atoms with Crippen molar-refractivity contribution in [1.82, 2.24) is 14.1 Å². The Morgan fingerprint density at radius 3 is 1.09 bits per heavy atom. The van der Waals surface area contributed by atoms with Crippen LogP contribution in [0.1, 0.15) is 153 Å². The van der Waals surface area contributed by atoms with Gasteiger partial charge in [0, 0.05) is 0 Å². The van der Waals surface area contributed by atoms with Crippen LogP contribution in [0.2, 0.25) is 15.3 Å². The fraction of sp³-hybridized carbons (Fsp3) is 0.500. The van der Waals surface area contributed by atoms with Crippen molar-refractivity contribution in [1.29, 1.82) is 0 Å². The van der Waals surface area contributed by atoms with Crippen molar-refractivity contribution in [2.24, 2.45) is 0 Å². The van der Waals surface area contributed by atoms with Crippen molar-refractivity contribution in [3.8, 4) is 11.4 Å². The normalized spacial score (nSPS) is 11.6. The number of hydrogen-bond acceptors (Lipinski definition) is 1. The van der Waals surface area contributed by atoms with Gasteiger partial charge < -0.3 is 4.98 Å². The van der Waals surface area contributed by atoms with Crippen LogP contribution in [0.5, 0.6) is 0 Å². The summed E-state index contributed by atoms with van der Waals surface area (Å²) in [6, 6.07) is 17.2. The molecule has 4 rings (SSSR count). The average molecular weight is 789 g/mol. The summed E-state index contributed by atoms with van der Waals surface area (Å²) in [5, 5.41) is 1.70. The van der Waals surface area contributed by atoms with E-state index < -0.39 is 0 Å². The van der Waals surface area contributed by atoms with Crippen LogP contribution < -0.4 is 0 Å². The molecule has 0 radical (unpaired) electrons. The minimum atomic E-state index is 0.448. The van der Waals surface area contributed by atoms with Crippen molar-refractivity contribution >= 4 is 34.8 Å². The molecule has 0 fully saturated rings. The minimum Gasteiger partial charge on any atom is -0.393 e. The topological polar surface area (TPSA) is 22.8 Å². The van der Waals surface area contributed by atoms with Gasteiger partial charge in [-0.25, -0.2) is 0 Å². The van der Waals surface area contributed by atoms with E-state index in [1.165, 1.54) is 33.6 Å². The second-order valence-corrected chi connectivity index (χ2v) is 14.0. The summed E-state index contributed by atoms with van der Waals surface area (Å²) < 4.78 is 5.36. The van der Waals surface area contributed by atoms with E-state index in [1.54, 1.807) is 18.3 Å². The van der Waals surface area contributed by atoms with Crippen LogP contribution in [-0.2, 0) is 18.7 Å². The largest absolute Gasteiger partial charge is 0.393 e. The molecule has 0 unspecified atom stereocenters. The first-order valence-electron chi connectivity index (χ1n) is 17.6. The van der Waals surface area contributed by atoms with Crippen LogP contribution in [-0.4, -0.2) is 14.1 Å². The van der Waals surface area contributed by atoms with Gasteiger partial charge in [-0.3, -0.25) is 0 Å². The number of aromatic nitrogens is 3. The van der Waals surface area contributed by atoms with Crippen LogP contribution in [0.25, 0.3) is 11.4 Å². The summed E-state index contributed by atoms with van der Waals surface area (Å²) in [5.74, 6) is 1.79. The summed E-state index contributed by atoms with van der Waals surface area (Å²) in [5.41, 5.74) is 7.85. The Morgan fingerprint density at radius 2 is 0.872 bits per heavy atom. The van der Waals surface area contributed by atoms with Gasteiger partial charge in [0.1, 0.15) is 0 Å². The van der Waals surface area contributed by atoms with Gasteiger partial charge in [0.2, 0.25) is 0 Å². The zero-order valence-electron chi connectivity index (χ0n) is 29.5. The molecule has 0 saturated carbocycles. The second-order valence-electron chi connectivity index (χ2n) is 12.2. The molecule has 2 aromatic carbocycles. The van der Waals surface area contributed by atoms with E-state index in [9.17, 15) is 0 Å². The molecular formula is C40H53Cl3N3Pd-. The molecule has 2 heterocycles. The maximum atomic E-state index is 7.32. The minimum absolute atomic E-state index is 0.448. The summed E-state index contributed by atoms with van der Waals surface area (Å²) >= 11 is 23.8. The predicted molar refractivity (Wildman–Crippen MR) is 200 cm³/mol. The number of imidazole rings is 1. The monoisotopic (exact) mass is 786 g/mol. The fourth-order valence-corrected chi connectivity index (χ4v) is 8.52. The molecule has 7 heteroatoms. The summed E-state index contributed by atoms with van der Waals surface area (Å²) in [6.07, 6.45) is 12.8. The standard InChI is InChI=1S/C35H50Cl2N2.C5H3ClN.Pd/c1-9-24(10-2)28-19-17-20-29(25(11-3)12-4)32(28)38-23-39(35(37)34(38)36)33-30(26(13-5)14-6)21-18-22-31(33)27(15-7)16-8;6-5-2-1-3-7-4-5;/h17-22,24-27H,9-16H2,1-8H3;1-3H;/q;-1;. The summed E-state index contributed by atoms with van der Waals surface area (Å²) in [6.45, 7) is 18.3. The Hall–Kier alpha value is -1.67. The number of benzene rings is 2. The first kappa shape index (κ1) is 39.8. The van der Waals surface area contributed by atoms with Crippen LogP contribution in [0.4, 0.5) is 0 Å². The van der Waals surface area contributed by atoms with Gasteiger partial charge in [-0.15, -0.1) is 17.7 Å². The number of halogens is 3. The van der Waals surface area contributed by atoms with Crippen LogP contribution in [0.3, 0.4) is 0 Å². The Labute approximate surface area is 310 Å². The van der Waals surface area contributed by atoms with E-state index in [0.29, 0.717) is 39.0 Å². The molecule has 0 bridgehead atoms. The third-order valence-corrected chi connectivity index (χ3v) is 11.5. The van der Waals surface area contributed by atoms with E-state index >= 15 is 0 Å². The van der Waals surface area contributed by atoms with Crippen LogP contribution in [0.15, 0.2) is 54.7 Å². The van der Waals surface area contributed by atoms with Gasteiger partial charge in [0.15, 0.2) is 0 Å². The van der Waals surface area contributed by atoms with Crippen LogP contribution >= 0.6 is 34.8 Å². The quantitative estimate of drug-likeness (QED) is 0.0922. The smallest absolute Gasteiger partial charge is 0.0535 e. The number of pyridine rings is 1. The third kappa shape index (κ3) is 8.93. The Kier molecular flexibility index (Phi) is 16.5. The van der Waals surface area contributed by atoms with Gasteiger partial charge >= 0.3 is 266 Å². The first-order chi connectivity index (χ1) is 22.7. The predicted octanol–water partition coefficient (Wildman–Crippen LogP) is 13.8. The number of nitrogens with zero attached hydrogens (tertiary/aromatic N) is 3. The number of hydrogen-bond donors (Lipinski definition) is 0. The second kappa shape index (κ2) is 19.5. The van der Waals surface area contributed by atoms with E-state index in [4.69, 9.17) is 34.8 Å². The molecule has 260 valence electrons. The first-order valence-corrected chi connectivity index (χ1v) is 19.5. The van der Waals surface area contributed by atoms with Crippen molar-refractivity contribution in [3.63, 3.8) is 0 Å². The van der Waals surface area contributed by atoms with Crippen molar-refractivity contribution in [2.45, 2.75) is 130 Å². The van der Waals surface area contributed by atoms with Crippen molar-refractivity contribution < 1.29 is 18.7 Å². The Balaban J connectivity index is 0.000000756. The molecule has 3 nitrogen and oxygen atoms in total. The van der Waals surface area contributed by atoms with Crippen molar-refractivity contribution in [3.05, 3.63) is 102 Å². The molecule has 47 heavy (non-hydrogen) atoms. The fourth-order valence-electron chi connectivity index (χ4n) is 7.02. The molecule has 2 aromatic heterocycles. The maximum absolute atomic E-state index is 7.32. The molecule has 0 N–H and O–H groups in total. The average Bonchev–Trinajstić information content (AvgIpc) is 3.30. The molecule has 4 aromatic rings. The zero-order valence-corrected chi connectivity index (χ0v) is 33.3. The summed E-state index contributed by atoms with van der Waals surface area (Å²) in [7, 11) is 0. The molecule has 0 aliphatic carbocycles. The van der Waals surface area contributed by atoms with Gasteiger partial charge in [-0.05, 0) is 0 Å². The van der Waals surface area contributed by atoms with Gasteiger partial charge in [-0.2, -0.15) is 6.07 Å². The van der Waals surface area contributed by atoms with E-state index in [1.807, 2.05) is 0 Å². The van der Waals surface area contributed by atoms with Gasteiger partial charge in [0.05, 0.1) is 0 Å². The van der Waals surface area contributed by atoms with E-state index in [2.05, 4.69) is 131 Å². The molecule has 0 aliphatic rings. The molecule has 0 amide bonds. The number of rotatable bonds is 14. The SMILES string of the molecule is CCC(CC)c1cccc(C(CC)CC)c1-n1c(Cl)c(Cl)n(-c2c(C(CC)CC)cccc2C(CC)CC)[c]1=[Pd].Clc1[c-]nccc1. The molecule has 0 aliphatic heterocycles. The zero-order chi connectivity index (χ0) is 34.7. The van der Waals surface area contributed by atoms with Crippen LogP contribution in [0, 0.1) is 10.1 Å². The van der Waals surface area contributed by atoms with Gasteiger partial charge in [0.25, 0.3) is 0 Å². The Bertz CT molecular complexity index is 1440. The van der Waals surface area contributed by atoms with E-state index in [0.717, 1.165) is 55.3 Å². The molecular weight excluding hydrogens is 735 g/mol. The molecule has 0 saturated heterocycles. The third-order valence-electron chi connectivity index (χ3n) is 9.82. The summed E-state index contributed by atoms with van der Waals surface area (Å²) in [4.78, 5) is 3.63.